The largest absolute Gasteiger partial charge is 0.383 e. The van der Waals surface area contributed by atoms with Gasteiger partial charge in [-0.1, -0.05) is 17.7 Å². The lowest BCUT2D eigenvalue weighted by Crippen LogP contribution is -2.49. The minimum absolute atomic E-state index is 0.146. The Hall–Kier alpha value is -2.74. The number of aromatic nitrogens is 2. The van der Waals surface area contributed by atoms with Gasteiger partial charge in [-0.05, 0) is 47.3 Å². The fourth-order valence-corrected chi connectivity index (χ4v) is 5.14. The molecule has 5 rings (SSSR count). The van der Waals surface area contributed by atoms with E-state index in [-0.39, 0.29) is 5.91 Å². The number of piperazine rings is 1. The molecule has 8 heteroatoms. The summed E-state index contributed by atoms with van der Waals surface area (Å²) in [6.45, 7) is 3.34. The maximum atomic E-state index is 12.8. The zero-order chi connectivity index (χ0) is 20.7. The summed E-state index contributed by atoms with van der Waals surface area (Å²) in [4.78, 5) is 26.4. The monoisotopic (exact) mass is 437 g/mol. The zero-order valence-electron chi connectivity index (χ0n) is 16.2. The smallest absolute Gasteiger partial charge is 0.237 e. The fourth-order valence-electron chi connectivity index (χ4n) is 3.87. The van der Waals surface area contributed by atoms with Crippen LogP contribution in [0.3, 0.4) is 0 Å². The standard InChI is InChI=1S/C22H20ClN5OS/c23-16-2-4-20-15(8-16)9-17(30-20)11-27-5-6-28(21(29)12-27)10-14-1-3-18-19(7-14)25-13-26-22(18)24/h1-4,7-9,13H,5-6,10-12H2,(H2,24,25,26). The maximum absolute atomic E-state index is 12.8. The molecule has 1 aliphatic rings. The van der Waals surface area contributed by atoms with Crippen LogP contribution >= 0.6 is 22.9 Å². The Balaban J connectivity index is 1.24. The van der Waals surface area contributed by atoms with Gasteiger partial charge in [0, 0.05) is 46.2 Å². The van der Waals surface area contributed by atoms with Crippen molar-refractivity contribution >= 4 is 55.7 Å². The number of thiophene rings is 1. The number of halogens is 1. The zero-order valence-corrected chi connectivity index (χ0v) is 17.8. The molecule has 0 atom stereocenters. The topological polar surface area (TPSA) is 75.3 Å². The van der Waals surface area contributed by atoms with Gasteiger partial charge < -0.3 is 10.6 Å². The third kappa shape index (κ3) is 3.84. The number of carbonyl (C=O) groups excluding carboxylic acids is 1. The number of nitrogens with zero attached hydrogens (tertiary/aromatic N) is 4. The van der Waals surface area contributed by atoms with Crippen molar-refractivity contribution in [1.82, 2.24) is 19.8 Å². The molecule has 1 saturated heterocycles. The minimum atomic E-state index is 0.146. The normalized spacial score (nSPS) is 15.4. The lowest BCUT2D eigenvalue weighted by Gasteiger charge is -2.34. The molecule has 2 N–H and O–H groups in total. The molecule has 1 amide bonds. The highest BCUT2D eigenvalue weighted by molar-refractivity contribution is 7.19. The van der Waals surface area contributed by atoms with E-state index in [1.54, 1.807) is 11.3 Å². The van der Waals surface area contributed by atoms with Crippen LogP contribution in [0.15, 0.2) is 48.8 Å². The van der Waals surface area contributed by atoms with Crippen molar-refractivity contribution in [3.05, 3.63) is 64.3 Å². The van der Waals surface area contributed by atoms with Gasteiger partial charge in [0.05, 0.1) is 12.1 Å². The summed E-state index contributed by atoms with van der Waals surface area (Å²) < 4.78 is 1.22. The average molecular weight is 438 g/mol. The summed E-state index contributed by atoms with van der Waals surface area (Å²) in [5, 5.41) is 2.74. The highest BCUT2D eigenvalue weighted by Crippen LogP contribution is 2.29. The van der Waals surface area contributed by atoms with Crippen LogP contribution in [-0.2, 0) is 17.9 Å². The molecular formula is C22H20ClN5OS. The predicted octanol–water partition coefficient (Wildman–Crippen LogP) is 3.92. The van der Waals surface area contributed by atoms with E-state index in [1.807, 2.05) is 35.2 Å². The summed E-state index contributed by atoms with van der Waals surface area (Å²) in [6, 6.07) is 14.0. The second-order valence-electron chi connectivity index (χ2n) is 7.53. The Morgan fingerprint density at radius 1 is 1.07 bits per heavy atom. The molecule has 0 bridgehead atoms. The highest BCUT2D eigenvalue weighted by atomic mass is 35.5. The molecule has 2 aromatic carbocycles. The van der Waals surface area contributed by atoms with E-state index in [0.29, 0.717) is 25.5 Å². The fraction of sp³-hybridized carbons (Fsp3) is 0.227. The Morgan fingerprint density at radius 2 is 1.97 bits per heavy atom. The Bertz CT molecular complexity index is 1260. The van der Waals surface area contributed by atoms with Gasteiger partial charge in [-0.25, -0.2) is 9.97 Å². The molecule has 0 spiro atoms. The maximum Gasteiger partial charge on any atom is 0.237 e. The van der Waals surface area contributed by atoms with E-state index >= 15 is 0 Å². The first kappa shape index (κ1) is 19.2. The number of hydrogen-bond donors (Lipinski definition) is 1. The first-order valence-electron chi connectivity index (χ1n) is 9.72. The lowest BCUT2D eigenvalue weighted by atomic mass is 10.1. The predicted molar refractivity (Wildman–Crippen MR) is 121 cm³/mol. The summed E-state index contributed by atoms with van der Waals surface area (Å²) in [7, 11) is 0. The van der Waals surface area contributed by atoms with Gasteiger partial charge >= 0.3 is 0 Å². The number of nitrogens with two attached hydrogens (primary N) is 1. The SMILES string of the molecule is Nc1ncnc2cc(CN3CCN(Cc4cc5cc(Cl)ccc5s4)CC3=O)ccc12. The Labute approximate surface area is 182 Å². The van der Waals surface area contributed by atoms with Crippen LogP contribution in [0.5, 0.6) is 0 Å². The van der Waals surface area contributed by atoms with Crippen molar-refractivity contribution in [1.29, 1.82) is 0 Å². The third-order valence-corrected chi connectivity index (χ3v) is 6.75. The molecule has 4 aromatic rings. The third-order valence-electron chi connectivity index (χ3n) is 5.41. The van der Waals surface area contributed by atoms with Gasteiger partial charge in [0.1, 0.15) is 12.1 Å². The van der Waals surface area contributed by atoms with Gasteiger partial charge in [-0.2, -0.15) is 0 Å². The summed E-state index contributed by atoms with van der Waals surface area (Å²) in [5.41, 5.74) is 7.74. The van der Waals surface area contributed by atoms with E-state index in [2.05, 4.69) is 27.0 Å². The molecule has 1 aliphatic heterocycles. The molecule has 3 heterocycles. The van der Waals surface area contributed by atoms with Crippen molar-refractivity contribution in [3.63, 3.8) is 0 Å². The molecular weight excluding hydrogens is 418 g/mol. The lowest BCUT2D eigenvalue weighted by molar-refractivity contribution is -0.136. The van der Waals surface area contributed by atoms with Crippen LogP contribution < -0.4 is 5.73 Å². The van der Waals surface area contributed by atoms with Crippen molar-refractivity contribution in [2.45, 2.75) is 13.1 Å². The van der Waals surface area contributed by atoms with Gasteiger partial charge in [0.2, 0.25) is 5.91 Å². The molecule has 0 saturated carbocycles. The molecule has 0 aliphatic carbocycles. The number of hydrogen-bond acceptors (Lipinski definition) is 6. The number of nitrogen functional groups attached to an aromatic ring is 1. The quantitative estimate of drug-likeness (QED) is 0.523. The minimum Gasteiger partial charge on any atom is -0.383 e. The number of rotatable bonds is 4. The molecule has 152 valence electrons. The summed E-state index contributed by atoms with van der Waals surface area (Å²) in [5.74, 6) is 0.618. The molecule has 1 fully saturated rings. The van der Waals surface area contributed by atoms with E-state index in [4.69, 9.17) is 17.3 Å². The number of carbonyl (C=O) groups is 1. The summed E-state index contributed by atoms with van der Waals surface area (Å²) >= 11 is 7.85. The van der Waals surface area contributed by atoms with Crippen molar-refractivity contribution < 1.29 is 4.79 Å². The van der Waals surface area contributed by atoms with Gasteiger partial charge in [0.15, 0.2) is 0 Å². The molecule has 2 aromatic heterocycles. The van der Waals surface area contributed by atoms with Gasteiger partial charge in [-0.3, -0.25) is 9.69 Å². The van der Waals surface area contributed by atoms with E-state index < -0.39 is 0 Å². The first-order valence-corrected chi connectivity index (χ1v) is 10.9. The van der Waals surface area contributed by atoms with E-state index in [0.717, 1.165) is 40.0 Å². The van der Waals surface area contributed by atoms with Crippen LogP contribution in [-0.4, -0.2) is 45.3 Å². The van der Waals surface area contributed by atoms with Gasteiger partial charge in [0.25, 0.3) is 0 Å². The highest BCUT2D eigenvalue weighted by Gasteiger charge is 2.24. The molecule has 0 unspecified atom stereocenters. The number of fused-ring (bicyclic) bond motifs is 2. The van der Waals surface area contributed by atoms with Crippen molar-refractivity contribution in [2.24, 2.45) is 0 Å². The van der Waals surface area contributed by atoms with Crippen molar-refractivity contribution in [2.75, 3.05) is 25.4 Å². The summed E-state index contributed by atoms with van der Waals surface area (Å²) in [6.07, 6.45) is 1.47. The number of amides is 1. The number of anilines is 1. The second-order valence-corrected chi connectivity index (χ2v) is 9.14. The average Bonchev–Trinajstić information content (AvgIpc) is 3.11. The number of benzene rings is 2. The van der Waals surface area contributed by atoms with Crippen LogP contribution in [0.1, 0.15) is 10.4 Å². The van der Waals surface area contributed by atoms with Crippen LogP contribution in [0.2, 0.25) is 5.02 Å². The molecule has 0 radical (unpaired) electrons. The Kier molecular flexibility index (Phi) is 5.02. The first-order chi connectivity index (χ1) is 14.5. The van der Waals surface area contributed by atoms with Crippen molar-refractivity contribution in [3.8, 4) is 0 Å². The van der Waals surface area contributed by atoms with Crippen LogP contribution in [0.4, 0.5) is 5.82 Å². The Morgan fingerprint density at radius 3 is 2.83 bits per heavy atom. The van der Waals surface area contributed by atoms with E-state index in [9.17, 15) is 4.79 Å². The van der Waals surface area contributed by atoms with E-state index in [1.165, 1.54) is 15.9 Å². The van der Waals surface area contributed by atoms with Crippen LogP contribution in [0, 0.1) is 0 Å². The van der Waals surface area contributed by atoms with Gasteiger partial charge in [-0.15, -0.1) is 11.3 Å². The molecule has 6 nitrogen and oxygen atoms in total. The second kappa shape index (κ2) is 7.83. The van der Waals surface area contributed by atoms with Crippen LogP contribution in [0.25, 0.3) is 21.0 Å². The molecule has 30 heavy (non-hydrogen) atoms.